The Balaban J connectivity index is 1.97. The molecule has 1 aliphatic carbocycles. The van der Waals surface area contributed by atoms with Crippen molar-refractivity contribution in [1.29, 1.82) is 0 Å². The van der Waals surface area contributed by atoms with Gasteiger partial charge < -0.3 is 5.11 Å². The summed E-state index contributed by atoms with van der Waals surface area (Å²) in [6.07, 6.45) is 9.42. The number of carboxylic acids is 1. The molecular formula is C17H22O2. The fourth-order valence-corrected chi connectivity index (χ4v) is 2.95. The van der Waals surface area contributed by atoms with Gasteiger partial charge in [-0.25, -0.2) is 4.79 Å². The minimum Gasteiger partial charge on any atom is -0.478 e. The molecule has 0 amide bonds. The number of rotatable bonds is 4. The average Bonchev–Trinajstić information content (AvgIpc) is 2.46. The van der Waals surface area contributed by atoms with Crippen molar-refractivity contribution in [2.75, 3.05) is 0 Å². The molecule has 0 aromatic heterocycles. The molecule has 1 N–H and O–H groups in total. The standard InChI is InChI=1S/C17H22O2/c1-2-13-3-8-15(9-4-13)16-10-5-14(6-11-16)7-12-17(18)19/h5-7,10-13,15H,2-4,8-9H2,1H3,(H,18,19). The molecule has 0 aliphatic heterocycles. The smallest absolute Gasteiger partial charge is 0.328 e. The minimum absolute atomic E-state index is 0.695. The maximum absolute atomic E-state index is 10.5. The van der Waals surface area contributed by atoms with Gasteiger partial charge in [0.2, 0.25) is 0 Å². The number of aliphatic carboxylic acids is 1. The van der Waals surface area contributed by atoms with Gasteiger partial charge in [-0.2, -0.15) is 0 Å². The summed E-state index contributed by atoms with van der Waals surface area (Å²) in [5.41, 5.74) is 2.36. The molecule has 2 rings (SSSR count). The van der Waals surface area contributed by atoms with Crippen molar-refractivity contribution < 1.29 is 9.90 Å². The van der Waals surface area contributed by atoms with E-state index in [0.717, 1.165) is 11.5 Å². The zero-order chi connectivity index (χ0) is 13.7. The molecule has 0 atom stereocenters. The van der Waals surface area contributed by atoms with E-state index < -0.39 is 5.97 Å². The second-order valence-electron chi connectivity index (χ2n) is 5.46. The van der Waals surface area contributed by atoms with Gasteiger partial charge in [0.1, 0.15) is 0 Å². The average molecular weight is 258 g/mol. The summed E-state index contributed by atoms with van der Waals surface area (Å²) in [6.45, 7) is 2.29. The number of hydrogen-bond acceptors (Lipinski definition) is 1. The molecule has 0 bridgehead atoms. The van der Waals surface area contributed by atoms with Gasteiger partial charge in [0.25, 0.3) is 0 Å². The predicted octanol–water partition coefficient (Wildman–Crippen LogP) is 4.47. The Bertz CT molecular complexity index is 437. The van der Waals surface area contributed by atoms with E-state index in [0.29, 0.717) is 5.92 Å². The Hall–Kier alpha value is -1.57. The van der Waals surface area contributed by atoms with Gasteiger partial charge in [0, 0.05) is 6.08 Å². The summed E-state index contributed by atoms with van der Waals surface area (Å²) in [5, 5.41) is 8.59. The maximum Gasteiger partial charge on any atom is 0.328 e. The van der Waals surface area contributed by atoms with E-state index in [4.69, 9.17) is 5.11 Å². The summed E-state index contributed by atoms with van der Waals surface area (Å²) in [7, 11) is 0. The number of benzene rings is 1. The molecule has 0 spiro atoms. The Labute approximate surface area is 115 Å². The highest BCUT2D eigenvalue weighted by molar-refractivity contribution is 5.85. The SMILES string of the molecule is CCC1CCC(c2ccc(C=CC(=O)O)cc2)CC1. The van der Waals surface area contributed by atoms with Crippen LogP contribution in [0.5, 0.6) is 0 Å². The molecule has 1 aliphatic rings. The van der Waals surface area contributed by atoms with Gasteiger partial charge >= 0.3 is 5.97 Å². The molecule has 1 fully saturated rings. The Morgan fingerprint density at radius 3 is 2.37 bits per heavy atom. The predicted molar refractivity (Wildman–Crippen MR) is 78.1 cm³/mol. The van der Waals surface area contributed by atoms with Crippen LogP contribution in [-0.4, -0.2) is 11.1 Å². The Morgan fingerprint density at radius 2 is 1.84 bits per heavy atom. The van der Waals surface area contributed by atoms with Crippen LogP contribution in [0.2, 0.25) is 0 Å². The zero-order valence-electron chi connectivity index (χ0n) is 11.5. The zero-order valence-corrected chi connectivity index (χ0v) is 11.5. The van der Waals surface area contributed by atoms with Crippen LogP contribution in [0.1, 0.15) is 56.1 Å². The van der Waals surface area contributed by atoms with E-state index in [1.54, 1.807) is 6.08 Å². The van der Waals surface area contributed by atoms with Crippen LogP contribution in [0.3, 0.4) is 0 Å². The quantitative estimate of drug-likeness (QED) is 0.809. The van der Waals surface area contributed by atoms with Crippen molar-refractivity contribution in [3.8, 4) is 0 Å². The van der Waals surface area contributed by atoms with Crippen LogP contribution >= 0.6 is 0 Å². The molecule has 1 saturated carbocycles. The van der Waals surface area contributed by atoms with Crippen LogP contribution < -0.4 is 0 Å². The second-order valence-corrected chi connectivity index (χ2v) is 5.46. The van der Waals surface area contributed by atoms with Crippen LogP contribution in [0.4, 0.5) is 0 Å². The Morgan fingerprint density at radius 1 is 1.21 bits per heavy atom. The molecule has 0 radical (unpaired) electrons. The van der Waals surface area contributed by atoms with Crippen LogP contribution in [-0.2, 0) is 4.79 Å². The van der Waals surface area contributed by atoms with E-state index >= 15 is 0 Å². The lowest BCUT2D eigenvalue weighted by atomic mass is 9.78. The third-order valence-electron chi connectivity index (χ3n) is 4.25. The van der Waals surface area contributed by atoms with Crippen molar-refractivity contribution in [1.82, 2.24) is 0 Å². The monoisotopic (exact) mass is 258 g/mol. The van der Waals surface area contributed by atoms with Gasteiger partial charge in [0.05, 0.1) is 0 Å². The second kappa shape index (κ2) is 6.55. The molecule has 102 valence electrons. The third-order valence-corrected chi connectivity index (χ3v) is 4.25. The van der Waals surface area contributed by atoms with E-state index in [1.807, 2.05) is 12.1 Å². The van der Waals surface area contributed by atoms with Gasteiger partial charge in [-0.15, -0.1) is 0 Å². The van der Waals surface area contributed by atoms with Gasteiger partial charge in [0.15, 0.2) is 0 Å². The van der Waals surface area contributed by atoms with Crippen LogP contribution in [0.15, 0.2) is 30.3 Å². The highest BCUT2D eigenvalue weighted by Crippen LogP contribution is 2.36. The molecule has 0 unspecified atom stereocenters. The fraction of sp³-hybridized carbons (Fsp3) is 0.471. The first-order valence-corrected chi connectivity index (χ1v) is 7.20. The maximum atomic E-state index is 10.5. The van der Waals surface area contributed by atoms with Gasteiger partial charge in [-0.05, 0) is 54.7 Å². The first-order valence-electron chi connectivity index (χ1n) is 7.20. The summed E-state index contributed by atoms with van der Waals surface area (Å²) in [6, 6.07) is 8.33. The first-order chi connectivity index (χ1) is 9.19. The fourth-order valence-electron chi connectivity index (χ4n) is 2.95. The van der Waals surface area contributed by atoms with Crippen LogP contribution in [0, 0.1) is 5.92 Å². The molecular weight excluding hydrogens is 236 g/mol. The summed E-state index contributed by atoms with van der Waals surface area (Å²) >= 11 is 0. The molecule has 0 saturated heterocycles. The van der Waals surface area contributed by atoms with Crippen LogP contribution in [0.25, 0.3) is 6.08 Å². The topological polar surface area (TPSA) is 37.3 Å². The van der Waals surface area contributed by atoms with E-state index in [9.17, 15) is 4.79 Å². The number of hydrogen-bond donors (Lipinski definition) is 1. The lowest BCUT2D eigenvalue weighted by Crippen LogP contribution is -2.12. The highest BCUT2D eigenvalue weighted by atomic mass is 16.4. The minimum atomic E-state index is -0.901. The summed E-state index contributed by atoms with van der Waals surface area (Å²) < 4.78 is 0. The molecule has 19 heavy (non-hydrogen) atoms. The molecule has 1 aromatic carbocycles. The van der Waals surface area contributed by atoms with Crippen molar-refractivity contribution in [2.24, 2.45) is 5.92 Å². The normalized spacial score (nSPS) is 23.6. The molecule has 1 aromatic rings. The van der Waals surface area contributed by atoms with Gasteiger partial charge in [-0.3, -0.25) is 0 Å². The largest absolute Gasteiger partial charge is 0.478 e. The lowest BCUT2D eigenvalue weighted by molar-refractivity contribution is -0.131. The van der Waals surface area contributed by atoms with E-state index in [2.05, 4.69) is 19.1 Å². The van der Waals surface area contributed by atoms with Crippen molar-refractivity contribution in [2.45, 2.75) is 44.9 Å². The van der Waals surface area contributed by atoms with Gasteiger partial charge in [-0.1, -0.05) is 37.6 Å². The third kappa shape index (κ3) is 3.95. The number of carboxylic acid groups (broad SMARTS) is 1. The van der Waals surface area contributed by atoms with E-state index in [-0.39, 0.29) is 0 Å². The van der Waals surface area contributed by atoms with E-state index in [1.165, 1.54) is 43.7 Å². The Kier molecular flexibility index (Phi) is 4.78. The molecule has 0 heterocycles. The summed E-state index contributed by atoms with van der Waals surface area (Å²) in [4.78, 5) is 10.5. The summed E-state index contributed by atoms with van der Waals surface area (Å²) in [5.74, 6) is 0.719. The van der Waals surface area contributed by atoms with Crippen molar-refractivity contribution in [3.63, 3.8) is 0 Å². The van der Waals surface area contributed by atoms with Crippen molar-refractivity contribution >= 4 is 12.0 Å². The van der Waals surface area contributed by atoms with Crippen molar-refractivity contribution in [3.05, 3.63) is 41.5 Å². The highest BCUT2D eigenvalue weighted by Gasteiger charge is 2.20. The molecule has 2 heteroatoms. The first kappa shape index (κ1) is 13.9. The molecule has 2 nitrogen and oxygen atoms in total. The lowest BCUT2D eigenvalue weighted by Gasteiger charge is -2.28. The number of carbonyl (C=O) groups is 1.